The maximum absolute atomic E-state index is 10.1. The van der Waals surface area contributed by atoms with E-state index in [2.05, 4.69) is 24.4 Å². The van der Waals surface area contributed by atoms with Gasteiger partial charge in [-0.3, -0.25) is 0 Å². The summed E-state index contributed by atoms with van der Waals surface area (Å²) in [5, 5.41) is 13.4. The monoisotopic (exact) mass is 207 g/mol. The summed E-state index contributed by atoms with van der Waals surface area (Å²) >= 11 is 0. The van der Waals surface area contributed by atoms with Gasteiger partial charge in [0, 0.05) is 12.2 Å². The first kappa shape index (κ1) is 12.1. The highest BCUT2D eigenvalue weighted by atomic mass is 16.3. The normalized spacial score (nSPS) is 11.5. The Labute approximate surface area is 92.3 Å². The number of aliphatic hydroxyl groups is 1. The zero-order valence-corrected chi connectivity index (χ0v) is 9.88. The summed E-state index contributed by atoms with van der Waals surface area (Å²) in [6.07, 6.45) is 1.56. The molecule has 2 nitrogen and oxygen atoms in total. The van der Waals surface area contributed by atoms with Gasteiger partial charge in [-0.1, -0.05) is 26.0 Å². The first-order chi connectivity index (χ1) is 7.09. The van der Waals surface area contributed by atoms with Gasteiger partial charge in [0.2, 0.25) is 0 Å². The molecule has 0 aliphatic rings. The van der Waals surface area contributed by atoms with Crippen molar-refractivity contribution in [2.24, 2.45) is 0 Å². The van der Waals surface area contributed by atoms with E-state index in [9.17, 15) is 5.11 Å². The van der Waals surface area contributed by atoms with Crippen LogP contribution in [-0.4, -0.2) is 17.3 Å². The van der Waals surface area contributed by atoms with Crippen molar-refractivity contribution < 1.29 is 5.11 Å². The zero-order valence-electron chi connectivity index (χ0n) is 9.88. The van der Waals surface area contributed by atoms with Gasteiger partial charge >= 0.3 is 0 Å². The van der Waals surface area contributed by atoms with E-state index in [4.69, 9.17) is 0 Å². The van der Waals surface area contributed by atoms with E-state index in [1.807, 2.05) is 26.0 Å². The predicted octanol–water partition coefficient (Wildman–Crippen LogP) is 2.96. The van der Waals surface area contributed by atoms with Crippen LogP contribution in [0.25, 0.3) is 0 Å². The van der Waals surface area contributed by atoms with Crippen LogP contribution < -0.4 is 5.32 Å². The van der Waals surface area contributed by atoms with Crippen LogP contribution in [0.2, 0.25) is 0 Å². The second-order valence-electron chi connectivity index (χ2n) is 4.15. The standard InChI is InChI=1S/C13H21NO/c1-4-13(15,5-2)10-14-12-8-6-7-11(3)9-12/h6-9,14-15H,4-5,10H2,1-3H3. The van der Waals surface area contributed by atoms with Crippen molar-refractivity contribution in [2.45, 2.75) is 39.2 Å². The molecule has 0 heterocycles. The number of nitrogens with one attached hydrogen (secondary N) is 1. The van der Waals surface area contributed by atoms with Crippen LogP contribution >= 0.6 is 0 Å². The molecule has 1 aromatic carbocycles. The molecule has 84 valence electrons. The average Bonchev–Trinajstić information content (AvgIpc) is 2.26. The van der Waals surface area contributed by atoms with Gasteiger partial charge in [-0.25, -0.2) is 0 Å². The summed E-state index contributed by atoms with van der Waals surface area (Å²) in [6.45, 7) is 6.71. The molecule has 0 spiro atoms. The van der Waals surface area contributed by atoms with Crippen molar-refractivity contribution >= 4 is 5.69 Å². The van der Waals surface area contributed by atoms with E-state index in [1.165, 1.54) is 5.56 Å². The van der Waals surface area contributed by atoms with Crippen LogP contribution in [0.5, 0.6) is 0 Å². The third-order valence-electron chi connectivity index (χ3n) is 2.96. The molecule has 1 aromatic rings. The molecule has 0 saturated heterocycles. The molecule has 2 heteroatoms. The summed E-state index contributed by atoms with van der Waals surface area (Å²) in [5.41, 5.74) is 1.73. The highest BCUT2D eigenvalue weighted by Crippen LogP contribution is 2.17. The van der Waals surface area contributed by atoms with Crippen molar-refractivity contribution in [1.82, 2.24) is 0 Å². The van der Waals surface area contributed by atoms with Gasteiger partial charge in [-0.05, 0) is 37.5 Å². The van der Waals surface area contributed by atoms with E-state index in [0.717, 1.165) is 18.5 Å². The van der Waals surface area contributed by atoms with Gasteiger partial charge in [-0.15, -0.1) is 0 Å². The Kier molecular flexibility index (Phi) is 4.15. The first-order valence-electron chi connectivity index (χ1n) is 5.62. The van der Waals surface area contributed by atoms with Crippen LogP contribution in [0.3, 0.4) is 0 Å². The van der Waals surface area contributed by atoms with Crippen LogP contribution in [0.1, 0.15) is 32.3 Å². The molecule has 15 heavy (non-hydrogen) atoms. The molecule has 0 aromatic heterocycles. The summed E-state index contributed by atoms with van der Waals surface area (Å²) in [7, 11) is 0. The van der Waals surface area contributed by atoms with Gasteiger partial charge in [0.15, 0.2) is 0 Å². The van der Waals surface area contributed by atoms with Gasteiger partial charge in [-0.2, -0.15) is 0 Å². The lowest BCUT2D eigenvalue weighted by atomic mass is 9.97. The molecule has 0 unspecified atom stereocenters. The molecule has 1 rings (SSSR count). The number of aryl methyl sites for hydroxylation is 1. The maximum Gasteiger partial charge on any atom is 0.0814 e. The Bertz CT molecular complexity index is 305. The molecular formula is C13H21NO. The van der Waals surface area contributed by atoms with Gasteiger partial charge in [0.25, 0.3) is 0 Å². The molecule has 0 atom stereocenters. The summed E-state index contributed by atoms with van der Waals surface area (Å²) in [4.78, 5) is 0. The molecule has 0 saturated carbocycles. The fourth-order valence-electron chi connectivity index (χ4n) is 1.52. The zero-order chi connectivity index (χ0) is 11.3. The predicted molar refractivity (Wildman–Crippen MR) is 65.2 cm³/mol. The number of hydrogen-bond donors (Lipinski definition) is 2. The molecule has 0 amide bonds. The topological polar surface area (TPSA) is 32.3 Å². The van der Waals surface area contributed by atoms with Crippen LogP contribution in [-0.2, 0) is 0 Å². The van der Waals surface area contributed by atoms with Crippen LogP contribution in [0, 0.1) is 6.92 Å². The smallest absolute Gasteiger partial charge is 0.0814 e. The molecule has 0 aliphatic heterocycles. The van der Waals surface area contributed by atoms with Crippen molar-refractivity contribution in [3.8, 4) is 0 Å². The third kappa shape index (κ3) is 3.56. The second kappa shape index (κ2) is 5.17. The van der Waals surface area contributed by atoms with E-state index in [1.54, 1.807) is 0 Å². The van der Waals surface area contributed by atoms with E-state index in [0.29, 0.717) is 6.54 Å². The minimum absolute atomic E-state index is 0.580. The lowest BCUT2D eigenvalue weighted by Crippen LogP contribution is -2.35. The maximum atomic E-state index is 10.1. The molecule has 0 bridgehead atoms. The van der Waals surface area contributed by atoms with Crippen LogP contribution in [0.15, 0.2) is 24.3 Å². The second-order valence-corrected chi connectivity index (χ2v) is 4.15. The number of anilines is 1. The highest BCUT2D eigenvalue weighted by Gasteiger charge is 2.21. The Morgan fingerprint density at radius 1 is 1.27 bits per heavy atom. The lowest BCUT2D eigenvalue weighted by molar-refractivity contribution is 0.0457. The van der Waals surface area contributed by atoms with E-state index >= 15 is 0 Å². The molecular weight excluding hydrogens is 186 g/mol. The Morgan fingerprint density at radius 3 is 2.47 bits per heavy atom. The van der Waals surface area contributed by atoms with Crippen molar-refractivity contribution in [3.63, 3.8) is 0 Å². The van der Waals surface area contributed by atoms with Gasteiger partial charge < -0.3 is 10.4 Å². The molecule has 0 radical (unpaired) electrons. The SMILES string of the molecule is CCC(O)(CC)CNc1cccc(C)c1. The average molecular weight is 207 g/mol. The fraction of sp³-hybridized carbons (Fsp3) is 0.538. The highest BCUT2D eigenvalue weighted by molar-refractivity contribution is 5.45. The quantitative estimate of drug-likeness (QED) is 0.778. The minimum atomic E-state index is -0.580. The largest absolute Gasteiger partial charge is 0.388 e. The van der Waals surface area contributed by atoms with E-state index < -0.39 is 5.60 Å². The van der Waals surface area contributed by atoms with Crippen molar-refractivity contribution in [3.05, 3.63) is 29.8 Å². The Hall–Kier alpha value is -1.02. The lowest BCUT2D eigenvalue weighted by Gasteiger charge is -2.26. The Balaban J connectivity index is 2.56. The molecule has 0 fully saturated rings. The minimum Gasteiger partial charge on any atom is -0.388 e. The number of rotatable bonds is 5. The van der Waals surface area contributed by atoms with Gasteiger partial charge in [0.05, 0.1) is 5.60 Å². The Morgan fingerprint density at radius 2 is 1.93 bits per heavy atom. The van der Waals surface area contributed by atoms with Gasteiger partial charge in [0.1, 0.15) is 0 Å². The summed E-state index contributed by atoms with van der Waals surface area (Å²) < 4.78 is 0. The first-order valence-corrected chi connectivity index (χ1v) is 5.62. The number of benzene rings is 1. The summed E-state index contributed by atoms with van der Waals surface area (Å²) in [5.74, 6) is 0. The van der Waals surface area contributed by atoms with Crippen LogP contribution in [0.4, 0.5) is 5.69 Å². The van der Waals surface area contributed by atoms with Crippen molar-refractivity contribution in [2.75, 3.05) is 11.9 Å². The molecule has 2 N–H and O–H groups in total. The molecule has 0 aliphatic carbocycles. The van der Waals surface area contributed by atoms with Crippen molar-refractivity contribution in [1.29, 1.82) is 0 Å². The fourth-order valence-corrected chi connectivity index (χ4v) is 1.52. The number of hydrogen-bond acceptors (Lipinski definition) is 2. The van der Waals surface area contributed by atoms with E-state index in [-0.39, 0.29) is 0 Å². The third-order valence-corrected chi connectivity index (χ3v) is 2.96. The summed E-state index contributed by atoms with van der Waals surface area (Å²) in [6, 6.07) is 8.20.